The molecule has 0 spiro atoms. The summed E-state index contributed by atoms with van der Waals surface area (Å²) in [6.07, 6.45) is 7.31. The Hall–Kier alpha value is -3.62. The topological polar surface area (TPSA) is 83.6 Å². The molecule has 0 bridgehead atoms. The molecule has 30 heavy (non-hydrogen) atoms. The van der Waals surface area contributed by atoms with E-state index in [4.69, 9.17) is 0 Å². The van der Waals surface area contributed by atoms with Crippen molar-refractivity contribution in [1.29, 1.82) is 0 Å². The number of piperazine rings is 1. The molecule has 1 fully saturated rings. The lowest BCUT2D eigenvalue weighted by Crippen LogP contribution is -2.55. The van der Waals surface area contributed by atoms with E-state index in [1.165, 1.54) is 5.56 Å². The van der Waals surface area contributed by atoms with E-state index in [2.05, 4.69) is 44.8 Å². The summed E-state index contributed by atoms with van der Waals surface area (Å²) in [6, 6.07) is 10.3. The van der Waals surface area contributed by atoms with Gasteiger partial charge in [-0.15, -0.1) is 0 Å². The van der Waals surface area contributed by atoms with Gasteiger partial charge in [0.2, 0.25) is 5.91 Å². The highest BCUT2D eigenvalue weighted by atomic mass is 16.2. The van der Waals surface area contributed by atoms with Gasteiger partial charge in [0, 0.05) is 52.3 Å². The van der Waals surface area contributed by atoms with Crippen molar-refractivity contribution in [3.8, 4) is 0 Å². The Morgan fingerprint density at radius 3 is 2.77 bits per heavy atom. The van der Waals surface area contributed by atoms with Crippen LogP contribution in [0.1, 0.15) is 11.1 Å². The molecule has 0 radical (unpaired) electrons. The van der Waals surface area contributed by atoms with Crippen LogP contribution in [-0.2, 0) is 24.9 Å². The van der Waals surface area contributed by atoms with Crippen molar-refractivity contribution in [3.05, 3.63) is 66.2 Å². The predicted octanol–water partition coefficient (Wildman–Crippen LogP) is 1.09. The number of guanidine groups is 1. The molecule has 3 aromatic rings. The number of benzene rings is 1. The fourth-order valence-electron chi connectivity index (χ4n) is 3.61. The number of hydrogen-bond donors (Lipinski definition) is 1. The monoisotopic (exact) mass is 406 g/mol. The van der Waals surface area contributed by atoms with E-state index in [0.29, 0.717) is 19.6 Å². The van der Waals surface area contributed by atoms with Crippen molar-refractivity contribution < 1.29 is 4.79 Å². The minimum Gasteiger partial charge on any atom is -0.352 e. The predicted molar refractivity (Wildman–Crippen MR) is 115 cm³/mol. The van der Waals surface area contributed by atoms with Gasteiger partial charge in [-0.2, -0.15) is 10.2 Å². The summed E-state index contributed by atoms with van der Waals surface area (Å²) in [4.78, 5) is 20.8. The molecule has 0 saturated carbocycles. The van der Waals surface area contributed by atoms with Crippen molar-refractivity contribution in [2.75, 3.05) is 31.6 Å². The van der Waals surface area contributed by atoms with Crippen LogP contribution >= 0.6 is 0 Å². The maximum absolute atomic E-state index is 12.7. The van der Waals surface area contributed by atoms with Gasteiger partial charge < -0.3 is 15.1 Å². The summed E-state index contributed by atoms with van der Waals surface area (Å²) in [5.74, 6) is 0.769. The number of amides is 1. The van der Waals surface area contributed by atoms with Crippen LogP contribution in [0.5, 0.6) is 0 Å². The van der Waals surface area contributed by atoms with Gasteiger partial charge in [0.1, 0.15) is 6.54 Å². The van der Waals surface area contributed by atoms with Gasteiger partial charge in [0.15, 0.2) is 5.96 Å². The second-order valence-electron chi connectivity index (χ2n) is 7.26. The van der Waals surface area contributed by atoms with E-state index in [1.807, 2.05) is 35.1 Å². The third kappa shape index (κ3) is 4.51. The first-order valence-electron chi connectivity index (χ1n) is 9.92. The lowest BCUT2D eigenvalue weighted by atomic mass is 10.1. The highest BCUT2D eigenvalue weighted by molar-refractivity contribution is 5.98. The molecule has 1 aromatic carbocycles. The van der Waals surface area contributed by atoms with E-state index in [0.717, 1.165) is 23.8 Å². The number of aryl methyl sites for hydroxylation is 1. The Balaban J connectivity index is 1.35. The first kappa shape index (κ1) is 19.7. The molecule has 0 unspecified atom stereocenters. The molecular weight excluding hydrogens is 380 g/mol. The van der Waals surface area contributed by atoms with Crippen LogP contribution in [0.4, 0.5) is 5.69 Å². The average molecular weight is 406 g/mol. The van der Waals surface area contributed by atoms with Gasteiger partial charge in [-0.25, -0.2) is 0 Å². The molecule has 156 valence electrons. The number of rotatable bonds is 5. The van der Waals surface area contributed by atoms with Crippen LogP contribution in [-0.4, -0.2) is 63.0 Å². The van der Waals surface area contributed by atoms with Crippen LogP contribution in [0.25, 0.3) is 0 Å². The summed E-state index contributed by atoms with van der Waals surface area (Å²) in [7, 11) is 3.59. The maximum Gasteiger partial charge on any atom is 0.246 e. The van der Waals surface area contributed by atoms with Crippen molar-refractivity contribution in [3.63, 3.8) is 0 Å². The largest absolute Gasteiger partial charge is 0.352 e. The van der Waals surface area contributed by atoms with Gasteiger partial charge in [0.05, 0.1) is 18.4 Å². The molecule has 9 nitrogen and oxygen atoms in total. The third-order valence-electron chi connectivity index (χ3n) is 5.08. The Kier molecular flexibility index (Phi) is 5.78. The zero-order valence-electron chi connectivity index (χ0n) is 17.3. The average Bonchev–Trinajstić information content (AvgIpc) is 3.41. The van der Waals surface area contributed by atoms with Gasteiger partial charge >= 0.3 is 0 Å². The Morgan fingerprint density at radius 2 is 2.07 bits per heavy atom. The number of hydrogen-bond acceptors (Lipinski definition) is 4. The van der Waals surface area contributed by atoms with Gasteiger partial charge in [0.25, 0.3) is 0 Å². The van der Waals surface area contributed by atoms with Crippen molar-refractivity contribution >= 4 is 17.6 Å². The molecule has 1 aliphatic rings. The van der Waals surface area contributed by atoms with Crippen molar-refractivity contribution in [2.45, 2.75) is 13.1 Å². The number of anilines is 1. The molecule has 1 saturated heterocycles. The van der Waals surface area contributed by atoms with E-state index >= 15 is 0 Å². The fraction of sp³-hybridized carbons (Fsp3) is 0.333. The lowest BCUT2D eigenvalue weighted by Gasteiger charge is -2.35. The first-order valence-corrected chi connectivity index (χ1v) is 9.92. The van der Waals surface area contributed by atoms with E-state index in [1.54, 1.807) is 29.0 Å². The summed E-state index contributed by atoms with van der Waals surface area (Å²) in [5, 5.41) is 11.8. The Bertz CT molecular complexity index is 1020. The summed E-state index contributed by atoms with van der Waals surface area (Å²) in [5.41, 5.74) is 3.17. The van der Waals surface area contributed by atoms with Crippen molar-refractivity contribution in [2.24, 2.45) is 12.0 Å². The number of carbonyl (C=O) groups excluding carboxylic acids is 1. The zero-order valence-corrected chi connectivity index (χ0v) is 17.3. The van der Waals surface area contributed by atoms with Crippen LogP contribution < -0.4 is 10.2 Å². The number of nitrogens with one attached hydrogen (secondary N) is 1. The minimum atomic E-state index is 0.0402. The molecule has 9 heteroatoms. The van der Waals surface area contributed by atoms with Gasteiger partial charge in [-0.1, -0.05) is 24.3 Å². The quantitative estimate of drug-likeness (QED) is 0.507. The molecule has 1 amide bonds. The van der Waals surface area contributed by atoms with Crippen molar-refractivity contribution in [1.82, 2.24) is 29.8 Å². The van der Waals surface area contributed by atoms with Crippen LogP contribution in [0, 0.1) is 0 Å². The highest BCUT2D eigenvalue weighted by Crippen LogP contribution is 2.16. The van der Waals surface area contributed by atoms with Crippen LogP contribution in [0.2, 0.25) is 0 Å². The number of carbonyl (C=O) groups is 1. The Labute approximate surface area is 175 Å². The summed E-state index contributed by atoms with van der Waals surface area (Å²) < 4.78 is 3.61. The van der Waals surface area contributed by atoms with Crippen LogP contribution in [0.15, 0.2) is 60.1 Å². The fourth-order valence-corrected chi connectivity index (χ4v) is 3.61. The summed E-state index contributed by atoms with van der Waals surface area (Å²) in [6.45, 7) is 2.97. The molecule has 1 aliphatic heterocycles. The smallest absolute Gasteiger partial charge is 0.246 e. The number of aliphatic imine (C=N–C) groups is 1. The van der Waals surface area contributed by atoms with Gasteiger partial charge in [-0.05, 0) is 17.2 Å². The first-order chi connectivity index (χ1) is 14.6. The minimum absolute atomic E-state index is 0.0402. The Morgan fingerprint density at radius 1 is 1.20 bits per heavy atom. The van der Waals surface area contributed by atoms with E-state index in [9.17, 15) is 4.79 Å². The standard InChI is InChI=1S/C21H26N8O/c1-22-21(27-9-10-29(20(30)16-27)19-13-25-26(2)15-19)23-12-17-5-3-6-18(11-17)14-28-8-4-7-24-28/h3-8,11,13,15H,9-10,12,14,16H2,1-2H3,(H,22,23). The number of aromatic nitrogens is 4. The number of nitrogens with zero attached hydrogens (tertiary/aromatic N) is 7. The molecule has 0 atom stereocenters. The third-order valence-corrected chi connectivity index (χ3v) is 5.08. The highest BCUT2D eigenvalue weighted by Gasteiger charge is 2.27. The maximum atomic E-state index is 12.7. The lowest BCUT2D eigenvalue weighted by molar-refractivity contribution is -0.120. The molecular formula is C21H26N8O. The van der Waals surface area contributed by atoms with Gasteiger partial charge in [-0.3, -0.25) is 19.2 Å². The molecule has 2 aromatic heterocycles. The second-order valence-corrected chi connectivity index (χ2v) is 7.26. The van der Waals surface area contributed by atoms with E-state index in [-0.39, 0.29) is 12.5 Å². The molecule has 0 aliphatic carbocycles. The molecule has 4 rings (SSSR count). The molecule has 3 heterocycles. The zero-order chi connectivity index (χ0) is 20.9. The molecule has 1 N–H and O–H groups in total. The second kappa shape index (κ2) is 8.81. The SMILES string of the molecule is CN=C(NCc1cccc(Cn2cccn2)c1)N1CCN(c2cnn(C)c2)C(=O)C1. The normalized spacial score (nSPS) is 15.0. The van der Waals surface area contributed by atoms with Crippen LogP contribution in [0.3, 0.4) is 0 Å². The summed E-state index contributed by atoms with van der Waals surface area (Å²) >= 11 is 0. The van der Waals surface area contributed by atoms with E-state index < -0.39 is 0 Å².